The van der Waals surface area contributed by atoms with E-state index in [1.54, 1.807) is 18.2 Å². The van der Waals surface area contributed by atoms with Gasteiger partial charge in [0.25, 0.3) is 0 Å². The van der Waals surface area contributed by atoms with Gasteiger partial charge in [-0.2, -0.15) is 0 Å². The fraction of sp³-hybridized carbons (Fsp3) is 0.188. The van der Waals surface area contributed by atoms with Gasteiger partial charge in [-0.05, 0) is 29.7 Å². The van der Waals surface area contributed by atoms with Crippen molar-refractivity contribution in [3.05, 3.63) is 64.1 Å². The van der Waals surface area contributed by atoms with Crippen LogP contribution in [0.5, 0.6) is 0 Å². The number of carbonyl (C=O) groups is 1. The van der Waals surface area contributed by atoms with Gasteiger partial charge in [0.05, 0.1) is 10.7 Å². The van der Waals surface area contributed by atoms with Crippen LogP contribution in [0.2, 0.25) is 10.0 Å². The van der Waals surface area contributed by atoms with Gasteiger partial charge >= 0.3 is 0 Å². The van der Waals surface area contributed by atoms with Crippen LogP contribution in [0.15, 0.2) is 48.5 Å². The van der Waals surface area contributed by atoms with E-state index in [-0.39, 0.29) is 11.8 Å². The maximum Gasteiger partial charge on any atom is 0.225 e. The SMILES string of the molecule is C[C@@H](CC(=O)Nc1cc(Cl)ccc1Cl)c1ccccc1. The molecule has 2 rings (SSSR count). The molecule has 0 radical (unpaired) electrons. The molecule has 2 aromatic rings. The van der Waals surface area contributed by atoms with E-state index in [0.29, 0.717) is 22.2 Å². The fourth-order valence-electron chi connectivity index (χ4n) is 1.97. The molecular weight excluding hydrogens is 293 g/mol. The summed E-state index contributed by atoms with van der Waals surface area (Å²) in [6.07, 6.45) is 0.396. The number of carbonyl (C=O) groups excluding carboxylic acids is 1. The number of hydrogen-bond donors (Lipinski definition) is 1. The van der Waals surface area contributed by atoms with Crippen LogP contribution in [-0.2, 0) is 4.79 Å². The average Bonchev–Trinajstić information content (AvgIpc) is 2.43. The van der Waals surface area contributed by atoms with Crippen LogP contribution in [0, 0.1) is 0 Å². The van der Waals surface area contributed by atoms with Crippen LogP contribution in [-0.4, -0.2) is 5.91 Å². The molecule has 0 bridgehead atoms. The van der Waals surface area contributed by atoms with Crippen LogP contribution in [0.1, 0.15) is 24.8 Å². The molecule has 0 heterocycles. The van der Waals surface area contributed by atoms with Gasteiger partial charge < -0.3 is 5.32 Å². The number of halogens is 2. The van der Waals surface area contributed by atoms with Gasteiger partial charge in [-0.3, -0.25) is 4.79 Å². The summed E-state index contributed by atoms with van der Waals surface area (Å²) < 4.78 is 0. The van der Waals surface area contributed by atoms with Crippen LogP contribution in [0.4, 0.5) is 5.69 Å². The standard InChI is InChI=1S/C16H15Cl2NO/c1-11(12-5-3-2-4-6-12)9-16(20)19-15-10-13(17)7-8-14(15)18/h2-8,10-11H,9H2,1H3,(H,19,20)/t11-/m0/s1. The van der Waals surface area contributed by atoms with E-state index < -0.39 is 0 Å². The van der Waals surface area contributed by atoms with E-state index in [0.717, 1.165) is 5.56 Å². The van der Waals surface area contributed by atoms with Crippen LogP contribution in [0.3, 0.4) is 0 Å². The van der Waals surface area contributed by atoms with E-state index in [1.165, 1.54) is 0 Å². The van der Waals surface area contributed by atoms with E-state index >= 15 is 0 Å². The summed E-state index contributed by atoms with van der Waals surface area (Å²) in [6, 6.07) is 14.9. The molecule has 20 heavy (non-hydrogen) atoms. The predicted octanol–water partition coefficient (Wildman–Crippen LogP) is 5.13. The third-order valence-electron chi connectivity index (χ3n) is 3.06. The van der Waals surface area contributed by atoms with Crippen molar-refractivity contribution in [2.75, 3.05) is 5.32 Å². The maximum atomic E-state index is 12.0. The lowest BCUT2D eigenvalue weighted by Gasteiger charge is -2.13. The van der Waals surface area contributed by atoms with Crippen molar-refractivity contribution in [2.45, 2.75) is 19.3 Å². The Kier molecular flexibility index (Phi) is 5.05. The van der Waals surface area contributed by atoms with Gasteiger partial charge in [0.2, 0.25) is 5.91 Å². The highest BCUT2D eigenvalue weighted by atomic mass is 35.5. The quantitative estimate of drug-likeness (QED) is 0.834. The summed E-state index contributed by atoms with van der Waals surface area (Å²) in [6.45, 7) is 2.02. The second-order valence-electron chi connectivity index (χ2n) is 4.69. The Labute approximate surface area is 128 Å². The minimum Gasteiger partial charge on any atom is -0.325 e. The molecule has 2 aromatic carbocycles. The lowest BCUT2D eigenvalue weighted by Crippen LogP contribution is -2.14. The topological polar surface area (TPSA) is 29.1 Å². The average molecular weight is 308 g/mol. The highest BCUT2D eigenvalue weighted by molar-refractivity contribution is 6.35. The van der Waals surface area contributed by atoms with Crippen molar-refractivity contribution in [3.8, 4) is 0 Å². The molecular formula is C16H15Cl2NO. The van der Waals surface area contributed by atoms with Gasteiger partial charge in [0.1, 0.15) is 0 Å². The molecule has 0 aliphatic heterocycles. The second kappa shape index (κ2) is 6.78. The Morgan fingerprint density at radius 2 is 1.85 bits per heavy atom. The van der Waals surface area contributed by atoms with E-state index in [2.05, 4.69) is 5.32 Å². The summed E-state index contributed by atoms with van der Waals surface area (Å²) in [4.78, 5) is 12.0. The first kappa shape index (κ1) is 14.9. The first-order valence-corrected chi connectivity index (χ1v) is 7.11. The van der Waals surface area contributed by atoms with Gasteiger partial charge in [0.15, 0.2) is 0 Å². The zero-order valence-corrected chi connectivity index (χ0v) is 12.6. The van der Waals surface area contributed by atoms with Gasteiger partial charge in [-0.1, -0.05) is 60.5 Å². The van der Waals surface area contributed by atoms with Crippen molar-refractivity contribution in [2.24, 2.45) is 0 Å². The number of nitrogens with one attached hydrogen (secondary N) is 1. The number of anilines is 1. The fourth-order valence-corrected chi connectivity index (χ4v) is 2.31. The largest absolute Gasteiger partial charge is 0.325 e. The summed E-state index contributed by atoms with van der Waals surface area (Å²) in [7, 11) is 0. The molecule has 1 amide bonds. The van der Waals surface area contributed by atoms with Crippen LogP contribution < -0.4 is 5.32 Å². The van der Waals surface area contributed by atoms with E-state index in [4.69, 9.17) is 23.2 Å². The van der Waals surface area contributed by atoms with Crippen molar-refractivity contribution in [1.82, 2.24) is 0 Å². The molecule has 0 fully saturated rings. The molecule has 1 atom stereocenters. The maximum absolute atomic E-state index is 12.0. The van der Waals surface area contributed by atoms with Crippen molar-refractivity contribution >= 4 is 34.8 Å². The monoisotopic (exact) mass is 307 g/mol. The van der Waals surface area contributed by atoms with E-state index in [9.17, 15) is 4.79 Å². The Bertz CT molecular complexity index is 599. The molecule has 1 N–H and O–H groups in total. The summed E-state index contributed by atoms with van der Waals surface area (Å²) in [5.41, 5.74) is 1.68. The first-order chi connectivity index (χ1) is 9.56. The number of hydrogen-bond acceptors (Lipinski definition) is 1. The van der Waals surface area contributed by atoms with Crippen LogP contribution >= 0.6 is 23.2 Å². The molecule has 0 aromatic heterocycles. The molecule has 0 saturated heterocycles. The van der Waals surface area contributed by atoms with E-state index in [1.807, 2.05) is 37.3 Å². The molecule has 0 unspecified atom stereocenters. The Hall–Kier alpha value is -1.51. The first-order valence-electron chi connectivity index (χ1n) is 6.36. The highest BCUT2D eigenvalue weighted by Gasteiger charge is 2.12. The van der Waals surface area contributed by atoms with Crippen LogP contribution in [0.25, 0.3) is 0 Å². The lowest BCUT2D eigenvalue weighted by atomic mass is 9.97. The Morgan fingerprint density at radius 1 is 1.15 bits per heavy atom. The molecule has 0 spiro atoms. The molecule has 104 valence electrons. The van der Waals surface area contributed by atoms with Gasteiger partial charge in [0, 0.05) is 11.4 Å². The van der Waals surface area contributed by atoms with Gasteiger partial charge in [-0.25, -0.2) is 0 Å². The Balaban J connectivity index is 2.01. The molecule has 0 saturated carbocycles. The van der Waals surface area contributed by atoms with Crippen molar-refractivity contribution in [3.63, 3.8) is 0 Å². The second-order valence-corrected chi connectivity index (χ2v) is 5.53. The molecule has 0 aliphatic rings. The molecule has 0 aliphatic carbocycles. The predicted molar refractivity (Wildman–Crippen MR) is 84.6 cm³/mol. The smallest absolute Gasteiger partial charge is 0.225 e. The normalized spacial score (nSPS) is 11.9. The third-order valence-corrected chi connectivity index (χ3v) is 3.63. The minimum absolute atomic E-state index is 0.0782. The lowest BCUT2D eigenvalue weighted by molar-refractivity contribution is -0.116. The van der Waals surface area contributed by atoms with Crippen molar-refractivity contribution < 1.29 is 4.79 Å². The number of benzene rings is 2. The summed E-state index contributed by atoms with van der Waals surface area (Å²) in [5.74, 6) is 0.0691. The summed E-state index contributed by atoms with van der Waals surface area (Å²) >= 11 is 11.9. The number of rotatable bonds is 4. The third kappa shape index (κ3) is 3.99. The number of amides is 1. The molecule has 2 nitrogen and oxygen atoms in total. The zero-order valence-electron chi connectivity index (χ0n) is 11.1. The summed E-state index contributed by atoms with van der Waals surface area (Å²) in [5, 5.41) is 3.82. The highest BCUT2D eigenvalue weighted by Crippen LogP contribution is 2.26. The van der Waals surface area contributed by atoms with Crippen molar-refractivity contribution in [1.29, 1.82) is 0 Å². The minimum atomic E-state index is -0.0782. The zero-order chi connectivity index (χ0) is 14.5. The molecule has 4 heteroatoms. The Morgan fingerprint density at radius 3 is 2.55 bits per heavy atom. The van der Waals surface area contributed by atoms with Gasteiger partial charge in [-0.15, -0.1) is 0 Å².